The van der Waals surface area contributed by atoms with Crippen LogP contribution in [0.15, 0.2) is 36.0 Å². The maximum atomic E-state index is 12.6. The van der Waals surface area contributed by atoms with E-state index in [1.807, 2.05) is 28.5 Å². The molecule has 4 rings (SSSR count). The highest BCUT2D eigenvalue weighted by atomic mass is 32.1. The van der Waals surface area contributed by atoms with Crippen LogP contribution in [0.2, 0.25) is 0 Å². The van der Waals surface area contributed by atoms with E-state index in [0.717, 1.165) is 49.8 Å². The zero-order valence-corrected chi connectivity index (χ0v) is 13.8. The highest BCUT2D eigenvalue weighted by Gasteiger charge is 2.43. The van der Waals surface area contributed by atoms with E-state index in [2.05, 4.69) is 14.9 Å². The van der Waals surface area contributed by atoms with Crippen molar-refractivity contribution >= 4 is 23.2 Å². The molecule has 2 aromatic rings. The highest BCUT2D eigenvalue weighted by Crippen LogP contribution is 2.40. The molecule has 0 saturated carbocycles. The number of rotatable bonds is 2. The third kappa shape index (κ3) is 2.83. The Kier molecular flexibility index (Phi) is 3.77. The summed E-state index contributed by atoms with van der Waals surface area (Å²) in [5, 5.41) is 1.97. The van der Waals surface area contributed by atoms with E-state index in [0.29, 0.717) is 0 Å². The second-order valence-electron chi connectivity index (χ2n) is 6.53. The first-order valence-electron chi connectivity index (χ1n) is 8.11. The molecule has 2 fully saturated rings. The summed E-state index contributed by atoms with van der Waals surface area (Å²) in [4.78, 5) is 26.5. The van der Waals surface area contributed by atoms with Gasteiger partial charge in [-0.15, -0.1) is 11.3 Å². The van der Waals surface area contributed by atoms with Crippen molar-refractivity contribution in [2.75, 3.05) is 31.1 Å². The van der Waals surface area contributed by atoms with Crippen LogP contribution in [-0.4, -0.2) is 47.0 Å². The summed E-state index contributed by atoms with van der Waals surface area (Å²) < 4.78 is 0. The van der Waals surface area contributed by atoms with Crippen LogP contribution < -0.4 is 4.90 Å². The molecule has 2 aliphatic rings. The van der Waals surface area contributed by atoms with E-state index in [-0.39, 0.29) is 11.3 Å². The fourth-order valence-electron chi connectivity index (χ4n) is 3.83. The number of anilines is 1. The molecule has 2 aromatic heterocycles. The van der Waals surface area contributed by atoms with Gasteiger partial charge in [0.1, 0.15) is 0 Å². The van der Waals surface area contributed by atoms with Crippen molar-refractivity contribution in [2.24, 2.45) is 5.41 Å². The molecule has 0 N–H and O–H groups in total. The van der Waals surface area contributed by atoms with Crippen LogP contribution in [0.5, 0.6) is 0 Å². The molecule has 4 heterocycles. The number of carbonyl (C=O) groups is 1. The molecule has 2 saturated heterocycles. The van der Waals surface area contributed by atoms with Crippen LogP contribution in [0.1, 0.15) is 28.9 Å². The minimum atomic E-state index is 0.185. The lowest BCUT2D eigenvalue weighted by Crippen LogP contribution is -2.46. The van der Waals surface area contributed by atoms with Gasteiger partial charge >= 0.3 is 0 Å². The summed E-state index contributed by atoms with van der Waals surface area (Å²) in [7, 11) is 0. The fraction of sp³-hybridized carbons (Fsp3) is 0.471. The molecule has 0 aliphatic carbocycles. The van der Waals surface area contributed by atoms with Crippen molar-refractivity contribution in [3.05, 3.63) is 40.8 Å². The Bertz CT molecular complexity index is 675. The Balaban J connectivity index is 1.48. The maximum absolute atomic E-state index is 12.6. The van der Waals surface area contributed by atoms with Crippen LogP contribution in [0.4, 0.5) is 5.95 Å². The van der Waals surface area contributed by atoms with Gasteiger partial charge < -0.3 is 9.80 Å². The molecule has 0 unspecified atom stereocenters. The van der Waals surface area contributed by atoms with Gasteiger partial charge in [-0.3, -0.25) is 4.79 Å². The fourth-order valence-corrected chi connectivity index (χ4v) is 4.52. The van der Waals surface area contributed by atoms with E-state index in [1.54, 1.807) is 12.4 Å². The number of piperidine rings is 1. The maximum Gasteiger partial charge on any atom is 0.263 e. The number of likely N-dealkylation sites (tertiary alicyclic amines) is 1. The van der Waals surface area contributed by atoms with Gasteiger partial charge in [0.05, 0.1) is 4.88 Å². The summed E-state index contributed by atoms with van der Waals surface area (Å²) in [5.41, 5.74) is 0.199. The van der Waals surface area contributed by atoms with Gasteiger partial charge in [0.15, 0.2) is 0 Å². The molecule has 0 radical (unpaired) electrons. The molecule has 23 heavy (non-hydrogen) atoms. The molecular weight excluding hydrogens is 308 g/mol. The van der Waals surface area contributed by atoms with Crippen molar-refractivity contribution in [3.8, 4) is 0 Å². The van der Waals surface area contributed by atoms with Gasteiger partial charge in [-0.25, -0.2) is 9.97 Å². The number of hydrogen-bond acceptors (Lipinski definition) is 5. The van der Waals surface area contributed by atoms with Crippen LogP contribution >= 0.6 is 11.3 Å². The number of amides is 1. The normalized spacial score (nSPS) is 24.3. The Hall–Kier alpha value is -1.95. The van der Waals surface area contributed by atoms with Crippen molar-refractivity contribution in [3.63, 3.8) is 0 Å². The highest BCUT2D eigenvalue weighted by molar-refractivity contribution is 7.12. The number of hydrogen-bond donors (Lipinski definition) is 0. The second kappa shape index (κ2) is 5.92. The molecule has 1 spiro atoms. The lowest BCUT2D eigenvalue weighted by atomic mass is 9.79. The van der Waals surface area contributed by atoms with Gasteiger partial charge in [-0.05, 0) is 36.8 Å². The third-order valence-electron chi connectivity index (χ3n) is 4.95. The smallest absolute Gasteiger partial charge is 0.263 e. The van der Waals surface area contributed by atoms with Gasteiger partial charge in [0, 0.05) is 44.0 Å². The zero-order valence-electron chi connectivity index (χ0n) is 13.0. The van der Waals surface area contributed by atoms with Crippen LogP contribution in [0, 0.1) is 5.41 Å². The summed E-state index contributed by atoms with van der Waals surface area (Å²) in [6.07, 6.45) is 6.99. The minimum Gasteiger partial charge on any atom is -0.340 e. The van der Waals surface area contributed by atoms with Gasteiger partial charge in [-0.1, -0.05) is 6.07 Å². The van der Waals surface area contributed by atoms with E-state index in [1.165, 1.54) is 17.8 Å². The van der Waals surface area contributed by atoms with Gasteiger partial charge in [0.25, 0.3) is 5.91 Å². The van der Waals surface area contributed by atoms with E-state index in [4.69, 9.17) is 0 Å². The Labute approximate surface area is 140 Å². The lowest BCUT2D eigenvalue weighted by molar-refractivity contribution is 0.0772. The summed E-state index contributed by atoms with van der Waals surface area (Å²) in [6, 6.07) is 5.71. The van der Waals surface area contributed by atoms with E-state index in [9.17, 15) is 4.79 Å². The first-order chi connectivity index (χ1) is 11.3. The zero-order chi connectivity index (χ0) is 15.7. The molecule has 1 atom stereocenters. The van der Waals surface area contributed by atoms with E-state index >= 15 is 0 Å². The SMILES string of the molecule is O=C(c1cccs1)N1CC[C@@]2(CCCN(c3ncccn3)C2)C1. The number of carbonyl (C=O) groups excluding carboxylic acids is 1. The van der Waals surface area contributed by atoms with Crippen molar-refractivity contribution < 1.29 is 4.79 Å². The molecule has 6 heteroatoms. The van der Waals surface area contributed by atoms with Crippen molar-refractivity contribution in [2.45, 2.75) is 19.3 Å². The minimum absolute atomic E-state index is 0.185. The second-order valence-corrected chi connectivity index (χ2v) is 7.48. The van der Waals surface area contributed by atoms with Gasteiger partial charge in [0.2, 0.25) is 5.95 Å². The predicted octanol–water partition coefficient (Wildman–Crippen LogP) is 2.67. The standard InChI is InChI=1S/C17H20N4OS/c22-15(14-4-1-11-23-14)20-10-6-17(12-20)5-2-9-21(13-17)16-18-7-3-8-19-16/h1,3-4,7-8,11H,2,5-6,9-10,12-13H2/t17-/m0/s1. The molecule has 0 bridgehead atoms. The monoisotopic (exact) mass is 328 g/mol. The first kappa shape index (κ1) is 14.6. The van der Waals surface area contributed by atoms with Crippen molar-refractivity contribution in [1.29, 1.82) is 0 Å². The topological polar surface area (TPSA) is 49.3 Å². The summed E-state index contributed by atoms with van der Waals surface area (Å²) >= 11 is 1.53. The molecule has 120 valence electrons. The number of nitrogens with zero attached hydrogens (tertiary/aromatic N) is 4. The molecule has 2 aliphatic heterocycles. The van der Waals surface area contributed by atoms with Crippen LogP contribution in [0.3, 0.4) is 0 Å². The van der Waals surface area contributed by atoms with Crippen molar-refractivity contribution in [1.82, 2.24) is 14.9 Å². The first-order valence-corrected chi connectivity index (χ1v) is 8.99. The average Bonchev–Trinajstić information content (AvgIpc) is 3.26. The summed E-state index contributed by atoms with van der Waals surface area (Å²) in [6.45, 7) is 3.67. The molecular formula is C17H20N4OS. The van der Waals surface area contributed by atoms with Crippen LogP contribution in [-0.2, 0) is 0 Å². The van der Waals surface area contributed by atoms with E-state index < -0.39 is 0 Å². The quantitative estimate of drug-likeness (QED) is 0.850. The molecule has 5 nitrogen and oxygen atoms in total. The predicted molar refractivity (Wildman–Crippen MR) is 90.8 cm³/mol. The Morgan fingerprint density at radius 3 is 2.78 bits per heavy atom. The third-order valence-corrected chi connectivity index (χ3v) is 5.81. The summed E-state index contributed by atoms with van der Waals surface area (Å²) in [5.74, 6) is 1.000. The number of aromatic nitrogens is 2. The average molecular weight is 328 g/mol. The lowest BCUT2D eigenvalue weighted by Gasteiger charge is -2.40. The molecule has 0 aromatic carbocycles. The Morgan fingerprint density at radius 2 is 2.00 bits per heavy atom. The number of thiophene rings is 1. The largest absolute Gasteiger partial charge is 0.340 e. The molecule has 1 amide bonds. The van der Waals surface area contributed by atoms with Crippen LogP contribution in [0.25, 0.3) is 0 Å². The van der Waals surface area contributed by atoms with Gasteiger partial charge in [-0.2, -0.15) is 0 Å². The Morgan fingerprint density at radius 1 is 1.13 bits per heavy atom.